The molecule has 0 radical (unpaired) electrons. The Labute approximate surface area is 153 Å². The molecule has 3 aromatic rings. The highest BCUT2D eigenvalue weighted by Crippen LogP contribution is 2.21. The van der Waals surface area contributed by atoms with E-state index in [0.29, 0.717) is 12.0 Å². The first-order valence-electron chi connectivity index (χ1n) is 8.78. The number of nitrogens with zero attached hydrogens (tertiary/aromatic N) is 2. The van der Waals surface area contributed by atoms with Crippen LogP contribution in [0.4, 0.5) is 0 Å². The van der Waals surface area contributed by atoms with Gasteiger partial charge >= 0.3 is 0 Å². The fourth-order valence-electron chi connectivity index (χ4n) is 3.07. The SMILES string of the molecule is Cc1cc(-c2ccc(C(=O)NC(C)Cc3cc(C)[nH]n3)cc2)cc(C)n1. The van der Waals surface area contributed by atoms with E-state index in [2.05, 4.69) is 32.6 Å². The van der Waals surface area contributed by atoms with Gasteiger partial charge in [0.05, 0.1) is 5.69 Å². The van der Waals surface area contributed by atoms with Crippen LogP contribution in [0.2, 0.25) is 0 Å². The Bertz CT molecular complexity index is 892. The number of hydrogen-bond donors (Lipinski definition) is 2. The van der Waals surface area contributed by atoms with E-state index in [1.165, 1.54) is 0 Å². The number of H-pyrrole nitrogens is 1. The molecule has 5 heteroatoms. The van der Waals surface area contributed by atoms with E-state index < -0.39 is 0 Å². The van der Waals surface area contributed by atoms with Crippen molar-refractivity contribution in [2.24, 2.45) is 0 Å². The molecular weight excluding hydrogens is 324 g/mol. The number of hydrogen-bond acceptors (Lipinski definition) is 3. The van der Waals surface area contributed by atoms with Crippen molar-refractivity contribution in [3.63, 3.8) is 0 Å². The van der Waals surface area contributed by atoms with Crippen LogP contribution < -0.4 is 5.32 Å². The highest BCUT2D eigenvalue weighted by atomic mass is 16.1. The van der Waals surface area contributed by atoms with Crippen molar-refractivity contribution in [1.29, 1.82) is 0 Å². The summed E-state index contributed by atoms with van der Waals surface area (Å²) in [6.45, 7) is 7.92. The van der Waals surface area contributed by atoms with Crippen LogP contribution in [-0.4, -0.2) is 27.1 Å². The van der Waals surface area contributed by atoms with Gasteiger partial charge < -0.3 is 5.32 Å². The highest BCUT2D eigenvalue weighted by Gasteiger charge is 2.12. The number of benzene rings is 1. The third-order valence-electron chi connectivity index (χ3n) is 4.21. The van der Waals surface area contributed by atoms with Crippen molar-refractivity contribution in [1.82, 2.24) is 20.5 Å². The topological polar surface area (TPSA) is 70.7 Å². The quantitative estimate of drug-likeness (QED) is 0.737. The summed E-state index contributed by atoms with van der Waals surface area (Å²) in [7, 11) is 0. The number of aryl methyl sites for hydroxylation is 3. The zero-order chi connectivity index (χ0) is 18.7. The fourth-order valence-corrected chi connectivity index (χ4v) is 3.07. The van der Waals surface area contributed by atoms with E-state index in [9.17, 15) is 4.79 Å². The number of nitrogens with one attached hydrogen (secondary N) is 2. The van der Waals surface area contributed by atoms with Crippen LogP contribution in [0.3, 0.4) is 0 Å². The zero-order valence-electron chi connectivity index (χ0n) is 15.6. The molecule has 0 bridgehead atoms. The molecule has 2 N–H and O–H groups in total. The van der Waals surface area contributed by atoms with Crippen molar-refractivity contribution in [2.45, 2.75) is 40.2 Å². The molecule has 1 aromatic carbocycles. The molecule has 2 heterocycles. The van der Waals surface area contributed by atoms with Gasteiger partial charge in [0.1, 0.15) is 0 Å². The first kappa shape index (κ1) is 17.9. The Morgan fingerprint density at radius 2 is 1.69 bits per heavy atom. The van der Waals surface area contributed by atoms with Crippen LogP contribution in [0.5, 0.6) is 0 Å². The van der Waals surface area contributed by atoms with Gasteiger partial charge in [-0.05, 0) is 69.2 Å². The second-order valence-electron chi connectivity index (χ2n) is 6.84. The van der Waals surface area contributed by atoms with Gasteiger partial charge in [-0.2, -0.15) is 5.10 Å². The average Bonchev–Trinajstić information content (AvgIpc) is 2.98. The van der Waals surface area contributed by atoms with Crippen LogP contribution in [0.15, 0.2) is 42.5 Å². The van der Waals surface area contributed by atoms with E-state index in [1.807, 2.05) is 58.0 Å². The van der Waals surface area contributed by atoms with Crippen LogP contribution in [0, 0.1) is 20.8 Å². The Balaban J connectivity index is 1.66. The second kappa shape index (κ2) is 7.52. The fraction of sp³-hybridized carbons (Fsp3) is 0.286. The Hall–Kier alpha value is -2.95. The lowest BCUT2D eigenvalue weighted by atomic mass is 10.0. The van der Waals surface area contributed by atoms with Gasteiger partial charge in [-0.15, -0.1) is 0 Å². The van der Waals surface area contributed by atoms with Gasteiger partial charge in [0.15, 0.2) is 0 Å². The minimum atomic E-state index is -0.0709. The molecule has 26 heavy (non-hydrogen) atoms. The normalized spacial score (nSPS) is 12.0. The molecule has 0 aliphatic heterocycles. The molecule has 134 valence electrons. The number of aromatic nitrogens is 3. The predicted molar refractivity (Wildman–Crippen MR) is 103 cm³/mol. The molecule has 1 atom stereocenters. The van der Waals surface area contributed by atoms with Crippen molar-refractivity contribution >= 4 is 5.91 Å². The molecule has 0 saturated carbocycles. The summed E-state index contributed by atoms with van der Waals surface area (Å²) in [4.78, 5) is 16.9. The summed E-state index contributed by atoms with van der Waals surface area (Å²) >= 11 is 0. The number of pyridine rings is 1. The summed E-state index contributed by atoms with van der Waals surface area (Å²) in [5.41, 5.74) is 6.80. The van der Waals surface area contributed by atoms with Gasteiger partial charge in [-0.3, -0.25) is 14.9 Å². The largest absolute Gasteiger partial charge is 0.349 e. The van der Waals surface area contributed by atoms with Gasteiger partial charge in [-0.1, -0.05) is 12.1 Å². The molecule has 0 fully saturated rings. The molecule has 0 saturated heterocycles. The van der Waals surface area contributed by atoms with Crippen molar-refractivity contribution < 1.29 is 4.79 Å². The lowest BCUT2D eigenvalue weighted by Crippen LogP contribution is -2.34. The zero-order valence-corrected chi connectivity index (χ0v) is 15.6. The molecule has 5 nitrogen and oxygen atoms in total. The molecule has 0 aliphatic carbocycles. The maximum Gasteiger partial charge on any atom is 0.251 e. The van der Waals surface area contributed by atoms with Gasteiger partial charge in [0, 0.05) is 35.1 Å². The molecule has 1 amide bonds. The minimum absolute atomic E-state index is 0.00961. The first-order chi connectivity index (χ1) is 12.4. The summed E-state index contributed by atoms with van der Waals surface area (Å²) in [6, 6.07) is 13.8. The summed E-state index contributed by atoms with van der Waals surface area (Å²) in [5.74, 6) is -0.0709. The van der Waals surface area contributed by atoms with Crippen molar-refractivity contribution in [3.8, 4) is 11.1 Å². The van der Waals surface area contributed by atoms with Crippen LogP contribution in [0.25, 0.3) is 11.1 Å². The van der Waals surface area contributed by atoms with Crippen LogP contribution in [-0.2, 0) is 6.42 Å². The molecule has 2 aromatic heterocycles. The van der Waals surface area contributed by atoms with Crippen LogP contribution >= 0.6 is 0 Å². The molecule has 1 unspecified atom stereocenters. The summed E-state index contributed by atoms with van der Waals surface area (Å²) in [5, 5.41) is 10.2. The lowest BCUT2D eigenvalue weighted by Gasteiger charge is -2.13. The van der Waals surface area contributed by atoms with E-state index in [4.69, 9.17) is 0 Å². The Kier molecular flexibility index (Phi) is 5.16. The second-order valence-corrected chi connectivity index (χ2v) is 6.84. The third kappa shape index (κ3) is 4.36. The van der Waals surface area contributed by atoms with Crippen LogP contribution in [0.1, 0.15) is 40.1 Å². The number of carbonyl (C=O) groups is 1. The minimum Gasteiger partial charge on any atom is -0.349 e. The first-order valence-corrected chi connectivity index (χ1v) is 8.78. The van der Waals surface area contributed by atoms with E-state index in [0.717, 1.165) is 33.9 Å². The van der Waals surface area contributed by atoms with E-state index >= 15 is 0 Å². The van der Waals surface area contributed by atoms with E-state index in [1.54, 1.807) is 0 Å². The summed E-state index contributed by atoms with van der Waals surface area (Å²) < 4.78 is 0. The predicted octanol–water partition coefficient (Wildman–Crippen LogP) is 3.76. The number of carbonyl (C=O) groups excluding carboxylic acids is 1. The van der Waals surface area contributed by atoms with Gasteiger partial charge in [0.2, 0.25) is 0 Å². The average molecular weight is 348 g/mol. The number of rotatable bonds is 5. The maximum atomic E-state index is 12.5. The highest BCUT2D eigenvalue weighted by molar-refractivity contribution is 5.94. The van der Waals surface area contributed by atoms with E-state index in [-0.39, 0.29) is 11.9 Å². The summed E-state index contributed by atoms with van der Waals surface area (Å²) in [6.07, 6.45) is 0.698. The number of aromatic amines is 1. The standard InChI is InChI=1S/C21H24N4O/c1-13-9-19(10-14(2)22-13)17-5-7-18(8-6-17)21(26)23-15(3)11-20-12-16(4)24-25-20/h5-10,12,15H,11H2,1-4H3,(H,23,26)(H,24,25). The number of amides is 1. The lowest BCUT2D eigenvalue weighted by molar-refractivity contribution is 0.0940. The van der Waals surface area contributed by atoms with Gasteiger partial charge in [-0.25, -0.2) is 0 Å². The van der Waals surface area contributed by atoms with Crippen molar-refractivity contribution in [2.75, 3.05) is 0 Å². The molecular formula is C21H24N4O. The van der Waals surface area contributed by atoms with Gasteiger partial charge in [0.25, 0.3) is 5.91 Å². The van der Waals surface area contributed by atoms with Crippen molar-refractivity contribution in [3.05, 3.63) is 70.8 Å². The smallest absolute Gasteiger partial charge is 0.251 e. The molecule has 0 aliphatic rings. The monoisotopic (exact) mass is 348 g/mol. The Morgan fingerprint density at radius 3 is 2.27 bits per heavy atom. The maximum absolute atomic E-state index is 12.5. The third-order valence-corrected chi connectivity index (χ3v) is 4.21. The molecule has 3 rings (SSSR count). The molecule has 0 spiro atoms. The Morgan fingerprint density at radius 1 is 1.04 bits per heavy atom.